The van der Waals surface area contributed by atoms with E-state index in [1.54, 1.807) is 12.1 Å². The molecule has 3 heterocycles. The molecule has 0 bridgehead atoms. The van der Waals surface area contributed by atoms with Crippen molar-refractivity contribution in [3.63, 3.8) is 0 Å². The molecule has 5 nitrogen and oxygen atoms in total. The van der Waals surface area contributed by atoms with E-state index in [0.717, 1.165) is 134 Å². The van der Waals surface area contributed by atoms with Crippen LogP contribution >= 0.6 is 0 Å². The zero-order valence-corrected chi connectivity index (χ0v) is 52.5. The second-order valence-corrected chi connectivity index (χ2v) is 25.0. The maximum Gasteiger partial charge on any atom is 0.417 e. The van der Waals surface area contributed by atoms with E-state index >= 15 is 13.2 Å². The minimum atomic E-state index is -4.80. The molecule has 0 unspecified atom stereocenters. The van der Waals surface area contributed by atoms with Crippen LogP contribution in [0.25, 0.3) is 105 Å². The zero-order chi connectivity index (χ0) is 65.5. The third-order valence-electron chi connectivity index (χ3n) is 19.4. The van der Waals surface area contributed by atoms with Gasteiger partial charge >= 0.3 is 6.18 Å². The molecule has 2 aliphatic rings. The van der Waals surface area contributed by atoms with Crippen molar-refractivity contribution in [2.75, 3.05) is 9.80 Å². The number of benzene rings is 14. The van der Waals surface area contributed by atoms with Crippen molar-refractivity contribution in [2.45, 2.75) is 13.1 Å². The number of nitriles is 2. The highest BCUT2D eigenvalue weighted by molar-refractivity contribution is 7.00. The number of para-hydroxylation sites is 1. The van der Waals surface area contributed by atoms with Crippen LogP contribution in [0.4, 0.5) is 47.3 Å². The normalized spacial score (nSPS) is 12.2. The van der Waals surface area contributed by atoms with E-state index in [2.05, 4.69) is 251 Å². The van der Waals surface area contributed by atoms with Crippen molar-refractivity contribution >= 4 is 79.0 Å². The first-order valence-electron chi connectivity index (χ1n) is 32.3. The van der Waals surface area contributed by atoms with Gasteiger partial charge in [0.1, 0.15) is 0 Å². The number of halogens is 3. The van der Waals surface area contributed by atoms with Crippen LogP contribution in [-0.2, 0) is 6.18 Å². The molecule has 0 spiro atoms. The van der Waals surface area contributed by atoms with Crippen molar-refractivity contribution < 1.29 is 13.2 Å². The predicted molar refractivity (Wildman–Crippen MR) is 392 cm³/mol. The number of hydrogen-bond acceptors (Lipinski definition) is 4. The third kappa shape index (κ3) is 10.0. The second-order valence-electron chi connectivity index (χ2n) is 25.0. The summed E-state index contributed by atoms with van der Waals surface area (Å²) in [6.45, 7) is 1.67. The van der Waals surface area contributed by atoms with Crippen molar-refractivity contribution in [1.29, 1.82) is 10.5 Å². The molecule has 456 valence electrons. The van der Waals surface area contributed by atoms with Gasteiger partial charge in [-0.2, -0.15) is 23.7 Å². The molecule has 1 aromatic heterocycles. The molecule has 97 heavy (non-hydrogen) atoms. The predicted octanol–water partition coefficient (Wildman–Crippen LogP) is 21.6. The highest BCUT2D eigenvalue weighted by Gasteiger charge is 2.44. The molecule has 0 saturated carbocycles. The first-order chi connectivity index (χ1) is 47.5. The number of aryl methyl sites for hydroxylation is 1. The quantitative estimate of drug-likeness (QED) is 0.128. The Kier molecular flexibility index (Phi) is 14.0. The lowest BCUT2D eigenvalue weighted by molar-refractivity contribution is -0.137. The lowest BCUT2D eigenvalue weighted by Crippen LogP contribution is -2.61. The smallest absolute Gasteiger partial charge is 0.311 e. The Morgan fingerprint density at radius 3 is 1.26 bits per heavy atom. The fraction of sp³-hybridized carbons (Fsp3) is 0.0227. The van der Waals surface area contributed by atoms with E-state index < -0.39 is 11.7 Å². The van der Waals surface area contributed by atoms with Gasteiger partial charge in [0, 0.05) is 50.5 Å². The number of alkyl halides is 3. The Morgan fingerprint density at radius 2 is 0.742 bits per heavy atom. The third-order valence-corrected chi connectivity index (χ3v) is 19.4. The summed E-state index contributed by atoms with van der Waals surface area (Å²) in [7, 11) is 0. The highest BCUT2D eigenvalue weighted by Crippen LogP contribution is 2.50. The van der Waals surface area contributed by atoms with Crippen LogP contribution in [-0.4, -0.2) is 11.3 Å². The van der Waals surface area contributed by atoms with Crippen LogP contribution in [0.2, 0.25) is 0 Å². The fourth-order valence-corrected chi connectivity index (χ4v) is 14.9. The molecular weight excluding hydrogens is 1190 g/mol. The van der Waals surface area contributed by atoms with Crippen LogP contribution in [0.3, 0.4) is 0 Å². The minimum Gasteiger partial charge on any atom is -0.311 e. The van der Waals surface area contributed by atoms with Crippen molar-refractivity contribution in [1.82, 2.24) is 4.57 Å². The first kappa shape index (κ1) is 58.2. The standard InChI is InChI=1S/C88H55BF3N5/c1-56-46-57(54-93)26-40-72(56)68-35-43-81(75(49-68)73-41-27-58(55-94)47-77(73)88(90,91)92)97-80-25-15-14-24-74(80)76-48-65(32-42-82(76)97)69-52-85-87-86(53-69)96(71-38-30-64(31-39-71)60-18-8-3-9-19-60)84-45-34-67(62-22-12-5-13-23-62)51-79(84)89(87)78-50-66(61-20-10-4-11-21-61)33-44-83(78)95(85)70-36-28-63(29-37-70)59-16-6-2-7-17-59/h2-53H,1H3. The molecule has 0 atom stereocenters. The molecule has 0 fully saturated rings. The molecule has 9 heteroatoms. The summed E-state index contributed by atoms with van der Waals surface area (Å²) in [5.41, 5.74) is 24.7. The number of nitrogens with zero attached hydrogens (tertiary/aromatic N) is 5. The lowest BCUT2D eigenvalue weighted by Gasteiger charge is -2.44. The average Bonchev–Trinajstić information content (AvgIpc) is 1.06. The second kappa shape index (κ2) is 23.4. The van der Waals surface area contributed by atoms with Gasteiger partial charge in [0.15, 0.2) is 0 Å². The summed E-state index contributed by atoms with van der Waals surface area (Å²) < 4.78 is 48.7. The summed E-state index contributed by atoms with van der Waals surface area (Å²) in [5, 5.41) is 21.6. The van der Waals surface area contributed by atoms with E-state index in [9.17, 15) is 10.5 Å². The van der Waals surface area contributed by atoms with Gasteiger partial charge in [0.2, 0.25) is 0 Å². The largest absolute Gasteiger partial charge is 0.417 e. The number of fused-ring (bicyclic) bond motifs is 7. The molecule has 17 rings (SSSR count). The fourth-order valence-electron chi connectivity index (χ4n) is 14.9. The van der Waals surface area contributed by atoms with Gasteiger partial charge in [-0.25, -0.2) is 0 Å². The molecule has 14 aromatic carbocycles. The first-order valence-corrected chi connectivity index (χ1v) is 32.3. The number of anilines is 6. The van der Waals surface area contributed by atoms with Crippen LogP contribution in [0, 0.1) is 29.6 Å². The SMILES string of the molecule is Cc1cc(C#N)ccc1-c1ccc(-n2c3ccccc3c3cc(-c4cc5c6c(c4)N(c4ccc(-c7ccccc7)cc4)c4ccc(-c7ccccc7)cc4B6c4cc(-c6ccccc6)ccc4N5c4ccc(-c5ccccc5)cc4)ccc32)c(-c2ccc(C#N)cc2C(F)(F)F)c1. The number of aromatic nitrogens is 1. The molecule has 15 aromatic rings. The Bertz CT molecular complexity index is 5520. The van der Waals surface area contributed by atoms with Crippen LogP contribution in [0.5, 0.6) is 0 Å². The van der Waals surface area contributed by atoms with Gasteiger partial charge in [-0.05, 0) is 204 Å². The minimum absolute atomic E-state index is 0.0622. The van der Waals surface area contributed by atoms with E-state index in [1.807, 2.05) is 67.6 Å². The maximum atomic E-state index is 15.5. The Hall–Kier alpha value is -12.7. The summed E-state index contributed by atoms with van der Waals surface area (Å²) in [5.74, 6) is 0. The van der Waals surface area contributed by atoms with E-state index in [0.29, 0.717) is 22.4 Å². The zero-order valence-electron chi connectivity index (χ0n) is 52.5. The van der Waals surface area contributed by atoms with Crippen molar-refractivity contribution in [3.8, 4) is 95.7 Å². The van der Waals surface area contributed by atoms with Crippen molar-refractivity contribution in [3.05, 3.63) is 338 Å². The summed E-state index contributed by atoms with van der Waals surface area (Å²) in [6, 6.07) is 112. The topological polar surface area (TPSA) is 59.0 Å². The van der Waals surface area contributed by atoms with Crippen LogP contribution < -0.4 is 26.2 Å². The van der Waals surface area contributed by atoms with E-state index in [1.165, 1.54) is 23.1 Å². The molecule has 0 radical (unpaired) electrons. The molecular formula is C88H55BF3N5. The van der Waals surface area contributed by atoms with Gasteiger partial charge in [-0.3, -0.25) is 0 Å². The molecule has 0 saturated heterocycles. The Morgan fingerprint density at radius 1 is 0.320 bits per heavy atom. The van der Waals surface area contributed by atoms with Crippen LogP contribution in [0.15, 0.2) is 315 Å². The van der Waals surface area contributed by atoms with Gasteiger partial charge in [0.25, 0.3) is 6.71 Å². The van der Waals surface area contributed by atoms with E-state index in [4.69, 9.17) is 0 Å². The lowest BCUT2D eigenvalue weighted by atomic mass is 9.33. The number of rotatable bonds is 10. The van der Waals surface area contributed by atoms with Crippen molar-refractivity contribution in [2.24, 2.45) is 0 Å². The maximum absolute atomic E-state index is 15.5. The highest BCUT2D eigenvalue weighted by atomic mass is 19.4. The van der Waals surface area contributed by atoms with Gasteiger partial charge in [-0.15, -0.1) is 0 Å². The van der Waals surface area contributed by atoms with Crippen LogP contribution in [0.1, 0.15) is 22.3 Å². The summed E-state index contributed by atoms with van der Waals surface area (Å²) in [4.78, 5) is 4.90. The Balaban J connectivity index is 0.923. The molecule has 0 aliphatic carbocycles. The Labute approximate surface area is 560 Å². The average molecular weight is 1250 g/mol. The summed E-state index contributed by atoms with van der Waals surface area (Å²) >= 11 is 0. The monoisotopic (exact) mass is 1250 g/mol. The van der Waals surface area contributed by atoms with Gasteiger partial charge in [0.05, 0.1) is 45.5 Å². The summed E-state index contributed by atoms with van der Waals surface area (Å²) in [6.07, 6.45) is -4.80. The molecule has 0 amide bonds. The molecule has 0 N–H and O–H groups in total. The van der Waals surface area contributed by atoms with Gasteiger partial charge in [-0.1, -0.05) is 212 Å². The molecule has 2 aliphatic heterocycles. The van der Waals surface area contributed by atoms with Gasteiger partial charge < -0.3 is 14.4 Å². The number of hydrogen-bond donors (Lipinski definition) is 0. The van der Waals surface area contributed by atoms with E-state index in [-0.39, 0.29) is 17.8 Å².